The Morgan fingerprint density at radius 3 is 2.29 bits per heavy atom. The first-order chi connectivity index (χ1) is 10.1. The summed E-state index contributed by atoms with van der Waals surface area (Å²) in [6, 6.07) is 0.352. The second kappa shape index (κ2) is 5.15. The molecule has 2 atom stereocenters. The summed E-state index contributed by atoms with van der Waals surface area (Å²) in [5, 5.41) is 10.00. The number of hydrogen-bond acceptors (Lipinski definition) is 2. The maximum atomic E-state index is 12.5. The van der Waals surface area contributed by atoms with Gasteiger partial charge in [0.2, 0.25) is 0 Å². The van der Waals surface area contributed by atoms with Crippen molar-refractivity contribution >= 4 is 6.03 Å². The molecule has 2 unspecified atom stereocenters. The summed E-state index contributed by atoms with van der Waals surface area (Å²) in [7, 11) is 0. The van der Waals surface area contributed by atoms with Gasteiger partial charge in [-0.25, -0.2) is 4.79 Å². The molecule has 21 heavy (non-hydrogen) atoms. The Bertz CT molecular complexity index is 381. The van der Waals surface area contributed by atoms with Crippen LogP contribution in [0.1, 0.15) is 51.9 Å². The second-order valence-corrected chi connectivity index (χ2v) is 8.34. The minimum absolute atomic E-state index is 0.0800. The Morgan fingerprint density at radius 1 is 1.14 bits per heavy atom. The molecule has 5 fully saturated rings. The summed E-state index contributed by atoms with van der Waals surface area (Å²) in [4.78, 5) is 12.5. The molecule has 2 amide bonds. The van der Waals surface area contributed by atoms with Gasteiger partial charge >= 0.3 is 6.03 Å². The summed E-state index contributed by atoms with van der Waals surface area (Å²) in [6.07, 6.45) is 9.13. The van der Waals surface area contributed by atoms with Crippen LogP contribution < -0.4 is 16.0 Å². The standard InChI is InChI=1S/C17H29N3O/c1-11(15-2-3-18-10-15)19-16(21)20-17-7-12-4-13(8-17)6-14(5-12)9-17/h11-15,18H,2-10H2,1H3,(H2,19,20,21). The van der Waals surface area contributed by atoms with Crippen molar-refractivity contribution in [1.29, 1.82) is 0 Å². The molecule has 118 valence electrons. The number of urea groups is 1. The van der Waals surface area contributed by atoms with Gasteiger partial charge < -0.3 is 16.0 Å². The first-order valence-corrected chi connectivity index (χ1v) is 8.91. The third kappa shape index (κ3) is 2.67. The van der Waals surface area contributed by atoms with Gasteiger partial charge in [0, 0.05) is 11.6 Å². The van der Waals surface area contributed by atoms with E-state index < -0.39 is 0 Å². The van der Waals surface area contributed by atoms with Gasteiger partial charge in [-0.05, 0) is 88.6 Å². The first-order valence-electron chi connectivity index (χ1n) is 8.91. The fraction of sp³-hybridized carbons (Fsp3) is 0.941. The Labute approximate surface area is 127 Å². The topological polar surface area (TPSA) is 53.2 Å². The van der Waals surface area contributed by atoms with Crippen LogP contribution in [-0.4, -0.2) is 30.7 Å². The molecule has 0 aromatic carbocycles. The maximum absolute atomic E-state index is 12.5. The lowest BCUT2D eigenvalue weighted by Crippen LogP contribution is -2.62. The zero-order valence-electron chi connectivity index (χ0n) is 13.2. The highest BCUT2D eigenvalue weighted by Crippen LogP contribution is 2.55. The Morgan fingerprint density at radius 2 is 1.76 bits per heavy atom. The average molecular weight is 291 g/mol. The molecule has 4 nitrogen and oxygen atoms in total. The average Bonchev–Trinajstić information content (AvgIpc) is 2.89. The van der Waals surface area contributed by atoms with Crippen molar-refractivity contribution in [2.45, 2.75) is 63.5 Å². The van der Waals surface area contributed by atoms with Crippen LogP contribution in [0, 0.1) is 23.7 Å². The van der Waals surface area contributed by atoms with E-state index in [0.717, 1.165) is 30.8 Å². The molecular weight excluding hydrogens is 262 g/mol. The van der Waals surface area contributed by atoms with Crippen LogP contribution in [0.3, 0.4) is 0 Å². The fourth-order valence-electron chi connectivity index (χ4n) is 5.97. The van der Waals surface area contributed by atoms with Crippen LogP contribution in [-0.2, 0) is 0 Å². The highest BCUT2D eigenvalue weighted by Gasteiger charge is 2.51. The fourth-order valence-corrected chi connectivity index (χ4v) is 5.97. The van der Waals surface area contributed by atoms with Gasteiger partial charge in [0.25, 0.3) is 0 Å². The van der Waals surface area contributed by atoms with E-state index in [1.165, 1.54) is 44.9 Å². The molecule has 5 aliphatic rings. The first kappa shape index (κ1) is 13.9. The molecule has 3 N–H and O–H groups in total. The van der Waals surface area contributed by atoms with Gasteiger partial charge in [-0.15, -0.1) is 0 Å². The molecule has 4 aliphatic carbocycles. The highest BCUT2D eigenvalue weighted by molar-refractivity contribution is 5.75. The van der Waals surface area contributed by atoms with Crippen LogP contribution in [0.5, 0.6) is 0 Å². The zero-order valence-corrected chi connectivity index (χ0v) is 13.2. The van der Waals surface area contributed by atoms with E-state index in [2.05, 4.69) is 22.9 Å². The number of amides is 2. The van der Waals surface area contributed by atoms with E-state index in [1.54, 1.807) is 0 Å². The van der Waals surface area contributed by atoms with Gasteiger partial charge in [0.15, 0.2) is 0 Å². The van der Waals surface area contributed by atoms with Crippen molar-refractivity contribution in [3.05, 3.63) is 0 Å². The Kier molecular flexibility index (Phi) is 3.40. The Hall–Kier alpha value is -0.770. The van der Waals surface area contributed by atoms with Crippen LogP contribution in [0.25, 0.3) is 0 Å². The normalized spacial score (nSPS) is 45.6. The number of carbonyl (C=O) groups excluding carboxylic acids is 1. The van der Waals surface area contributed by atoms with Crippen molar-refractivity contribution in [2.75, 3.05) is 13.1 Å². The van der Waals surface area contributed by atoms with Crippen molar-refractivity contribution in [1.82, 2.24) is 16.0 Å². The number of hydrogen-bond donors (Lipinski definition) is 3. The van der Waals surface area contributed by atoms with Gasteiger partial charge in [0.1, 0.15) is 0 Å². The predicted molar refractivity (Wildman–Crippen MR) is 83.0 cm³/mol. The number of carbonyl (C=O) groups is 1. The van der Waals surface area contributed by atoms with Gasteiger partial charge in [0.05, 0.1) is 0 Å². The van der Waals surface area contributed by atoms with Crippen LogP contribution in [0.4, 0.5) is 4.79 Å². The lowest BCUT2D eigenvalue weighted by atomic mass is 9.53. The maximum Gasteiger partial charge on any atom is 0.315 e. The molecule has 4 saturated carbocycles. The molecule has 1 heterocycles. The van der Waals surface area contributed by atoms with E-state index >= 15 is 0 Å². The van der Waals surface area contributed by atoms with Crippen molar-refractivity contribution in [3.63, 3.8) is 0 Å². The zero-order chi connectivity index (χ0) is 14.4. The molecule has 4 bridgehead atoms. The predicted octanol–water partition coefficient (Wildman–Crippen LogP) is 2.25. The van der Waals surface area contributed by atoms with Crippen LogP contribution in [0.2, 0.25) is 0 Å². The molecule has 0 radical (unpaired) electrons. The summed E-state index contributed by atoms with van der Waals surface area (Å²) >= 11 is 0. The minimum atomic E-state index is 0.0800. The summed E-state index contributed by atoms with van der Waals surface area (Å²) < 4.78 is 0. The number of rotatable bonds is 3. The molecule has 1 saturated heterocycles. The van der Waals surface area contributed by atoms with E-state index in [-0.39, 0.29) is 17.6 Å². The van der Waals surface area contributed by atoms with Crippen molar-refractivity contribution in [2.24, 2.45) is 23.7 Å². The molecule has 0 aromatic heterocycles. The van der Waals surface area contributed by atoms with Crippen molar-refractivity contribution in [3.8, 4) is 0 Å². The summed E-state index contributed by atoms with van der Waals surface area (Å²) in [5.74, 6) is 3.24. The Balaban J connectivity index is 1.36. The lowest BCUT2D eigenvalue weighted by molar-refractivity contribution is -0.0137. The highest BCUT2D eigenvalue weighted by atomic mass is 16.2. The molecule has 5 rings (SSSR count). The van der Waals surface area contributed by atoms with Crippen molar-refractivity contribution < 1.29 is 4.79 Å². The minimum Gasteiger partial charge on any atom is -0.335 e. The van der Waals surface area contributed by atoms with Crippen LogP contribution in [0.15, 0.2) is 0 Å². The molecule has 0 aromatic rings. The smallest absolute Gasteiger partial charge is 0.315 e. The molecule has 0 spiro atoms. The van der Waals surface area contributed by atoms with E-state index in [1.807, 2.05) is 0 Å². The quantitative estimate of drug-likeness (QED) is 0.747. The van der Waals surface area contributed by atoms with Crippen LogP contribution >= 0.6 is 0 Å². The van der Waals surface area contributed by atoms with Gasteiger partial charge in [-0.2, -0.15) is 0 Å². The SMILES string of the molecule is CC(NC(=O)NC12CC3CC(CC(C3)C1)C2)C1CCNC1. The van der Waals surface area contributed by atoms with E-state index in [9.17, 15) is 4.79 Å². The summed E-state index contributed by atoms with van der Waals surface area (Å²) in [5.41, 5.74) is 0.131. The third-order valence-electron chi connectivity index (χ3n) is 6.58. The second-order valence-electron chi connectivity index (χ2n) is 8.34. The molecular formula is C17H29N3O. The summed E-state index contributed by atoms with van der Waals surface area (Å²) in [6.45, 7) is 4.28. The molecule has 1 aliphatic heterocycles. The van der Waals surface area contributed by atoms with Gasteiger partial charge in [-0.3, -0.25) is 0 Å². The van der Waals surface area contributed by atoms with E-state index in [0.29, 0.717) is 5.92 Å². The number of nitrogens with one attached hydrogen (secondary N) is 3. The third-order valence-corrected chi connectivity index (χ3v) is 6.58. The van der Waals surface area contributed by atoms with Gasteiger partial charge in [-0.1, -0.05) is 0 Å². The lowest BCUT2D eigenvalue weighted by Gasteiger charge is -2.56. The molecule has 4 heteroatoms. The monoisotopic (exact) mass is 291 g/mol. The largest absolute Gasteiger partial charge is 0.335 e. The van der Waals surface area contributed by atoms with E-state index in [4.69, 9.17) is 0 Å².